The Balaban J connectivity index is 2.12. The van der Waals surface area contributed by atoms with Crippen molar-refractivity contribution in [2.24, 2.45) is 5.73 Å². The molecule has 1 atom stereocenters. The molecular weight excluding hydrogens is 454 g/mol. The number of aromatic nitrogens is 1. The first kappa shape index (κ1) is 24.1. The quantitative estimate of drug-likeness (QED) is 0.615. The number of rotatable bonds is 6. The van der Waals surface area contributed by atoms with Crippen LogP contribution in [0, 0.1) is 6.92 Å². The van der Waals surface area contributed by atoms with E-state index in [0.29, 0.717) is 23.5 Å². The third kappa shape index (κ3) is 3.39. The van der Waals surface area contributed by atoms with Crippen molar-refractivity contribution in [3.8, 4) is 5.75 Å². The first-order valence-electron chi connectivity index (χ1n) is 11.4. The minimum Gasteiger partial charge on any atom is -0.465 e. The lowest BCUT2D eigenvalue weighted by Gasteiger charge is -2.36. The molecule has 0 bridgehead atoms. The molecule has 1 amide bonds. The molecule has 0 fully saturated rings. The molecule has 1 aromatic carbocycles. The molecule has 2 N–H and O–H groups in total. The third-order valence-corrected chi connectivity index (χ3v) is 6.24. The second-order valence-electron chi connectivity index (χ2n) is 8.10. The highest BCUT2D eigenvalue weighted by Gasteiger charge is 2.62. The molecule has 2 aliphatic rings. The predicted octanol–water partition coefficient (Wildman–Crippen LogP) is 1.50. The van der Waals surface area contributed by atoms with Gasteiger partial charge in [-0.05, 0) is 33.8 Å². The highest BCUT2D eigenvalue weighted by molar-refractivity contribution is 6.19. The number of anilines is 1. The number of ether oxygens (including phenoxy) is 3. The van der Waals surface area contributed by atoms with Crippen molar-refractivity contribution < 1.29 is 28.6 Å². The Morgan fingerprint density at radius 3 is 2.43 bits per heavy atom. The molecule has 10 nitrogen and oxygen atoms in total. The molecule has 0 saturated heterocycles. The van der Waals surface area contributed by atoms with Crippen LogP contribution in [0.5, 0.6) is 5.75 Å². The van der Waals surface area contributed by atoms with Gasteiger partial charge < -0.3 is 24.5 Å². The van der Waals surface area contributed by atoms with Crippen LogP contribution in [0.1, 0.15) is 37.6 Å². The number of hydrogen-bond donors (Lipinski definition) is 1. The lowest BCUT2D eigenvalue weighted by atomic mass is 9.68. The van der Waals surface area contributed by atoms with Crippen molar-refractivity contribution in [3.05, 3.63) is 69.0 Å². The predicted molar refractivity (Wildman–Crippen MR) is 126 cm³/mol. The van der Waals surface area contributed by atoms with Gasteiger partial charge in [0.2, 0.25) is 11.8 Å². The van der Waals surface area contributed by atoms with Gasteiger partial charge in [0.25, 0.3) is 5.56 Å². The summed E-state index contributed by atoms with van der Waals surface area (Å²) in [5, 5.41) is 0. The van der Waals surface area contributed by atoms with Crippen LogP contribution in [0.25, 0.3) is 0 Å². The van der Waals surface area contributed by atoms with Crippen LogP contribution in [-0.4, -0.2) is 42.2 Å². The summed E-state index contributed by atoms with van der Waals surface area (Å²) in [5.41, 5.74) is 4.72. The summed E-state index contributed by atoms with van der Waals surface area (Å²) in [6.07, 6.45) is 0. The van der Waals surface area contributed by atoms with Crippen LogP contribution in [0.2, 0.25) is 0 Å². The molecule has 1 aromatic heterocycles. The van der Waals surface area contributed by atoms with Gasteiger partial charge in [0.15, 0.2) is 0 Å². The van der Waals surface area contributed by atoms with E-state index in [2.05, 4.69) is 0 Å². The summed E-state index contributed by atoms with van der Waals surface area (Å²) in [7, 11) is 0. The number of nitrogens with zero attached hydrogens (tertiary/aromatic N) is 2. The average Bonchev–Trinajstić information content (AvgIpc) is 3.03. The number of carbonyl (C=O) groups excluding carboxylic acids is 3. The number of hydrogen-bond acceptors (Lipinski definition) is 8. The molecule has 184 valence electrons. The number of carbonyl (C=O) groups is 3. The maximum atomic E-state index is 14.4. The molecule has 0 saturated carbocycles. The number of para-hydroxylation sites is 1. The Morgan fingerprint density at radius 1 is 1.09 bits per heavy atom. The molecule has 3 heterocycles. The number of fused-ring (bicyclic) bond motifs is 4. The SMILES string of the molecule is CCOC(=O)CN1C(=O)[C@@]2(C(C(=O)OCC)=C(N)Oc3cc(C)n(CC)c(=O)c32)c2ccccc21. The lowest BCUT2D eigenvalue weighted by Crippen LogP contribution is -2.52. The van der Waals surface area contributed by atoms with Gasteiger partial charge in [-0.2, -0.15) is 0 Å². The van der Waals surface area contributed by atoms with Gasteiger partial charge in [-0.3, -0.25) is 19.3 Å². The second-order valence-corrected chi connectivity index (χ2v) is 8.10. The number of aryl methyl sites for hydroxylation is 1. The normalized spacial score (nSPS) is 18.3. The van der Waals surface area contributed by atoms with E-state index in [-0.39, 0.29) is 36.0 Å². The van der Waals surface area contributed by atoms with Crippen LogP contribution in [0.15, 0.2) is 46.6 Å². The monoisotopic (exact) mass is 481 g/mol. The van der Waals surface area contributed by atoms with Crippen molar-refractivity contribution >= 4 is 23.5 Å². The summed E-state index contributed by atoms with van der Waals surface area (Å²) in [4.78, 5) is 55.1. The van der Waals surface area contributed by atoms with Crippen molar-refractivity contribution in [3.63, 3.8) is 0 Å². The first-order chi connectivity index (χ1) is 16.7. The molecule has 35 heavy (non-hydrogen) atoms. The summed E-state index contributed by atoms with van der Waals surface area (Å²) in [6.45, 7) is 6.86. The van der Waals surface area contributed by atoms with Crippen LogP contribution in [0.4, 0.5) is 5.69 Å². The van der Waals surface area contributed by atoms with Gasteiger partial charge in [-0.25, -0.2) is 4.79 Å². The van der Waals surface area contributed by atoms with E-state index in [9.17, 15) is 19.2 Å². The van der Waals surface area contributed by atoms with E-state index in [1.807, 2.05) is 0 Å². The Kier molecular flexibility index (Phi) is 6.14. The van der Waals surface area contributed by atoms with Gasteiger partial charge in [0.05, 0.1) is 18.8 Å². The van der Waals surface area contributed by atoms with E-state index in [1.54, 1.807) is 58.0 Å². The number of amides is 1. The van der Waals surface area contributed by atoms with Crippen LogP contribution < -0.4 is 20.9 Å². The zero-order valence-corrected chi connectivity index (χ0v) is 20.0. The van der Waals surface area contributed by atoms with Crippen molar-refractivity contribution in [1.29, 1.82) is 0 Å². The zero-order chi connectivity index (χ0) is 25.5. The fraction of sp³-hybridized carbons (Fsp3) is 0.360. The Hall–Kier alpha value is -4.08. The molecule has 10 heteroatoms. The summed E-state index contributed by atoms with van der Waals surface area (Å²) in [5.74, 6) is -2.48. The minimum absolute atomic E-state index is 0.00795. The largest absolute Gasteiger partial charge is 0.465 e. The number of pyridine rings is 1. The first-order valence-corrected chi connectivity index (χ1v) is 11.4. The molecule has 0 unspecified atom stereocenters. The Labute approximate surface area is 201 Å². The van der Waals surface area contributed by atoms with Crippen LogP contribution in [0.3, 0.4) is 0 Å². The molecule has 2 aromatic rings. The van der Waals surface area contributed by atoms with Crippen LogP contribution >= 0.6 is 0 Å². The second kappa shape index (κ2) is 8.94. The van der Waals surface area contributed by atoms with E-state index < -0.39 is 35.4 Å². The number of benzene rings is 1. The van der Waals surface area contributed by atoms with Crippen LogP contribution in [-0.2, 0) is 35.8 Å². The highest BCUT2D eigenvalue weighted by atomic mass is 16.5. The van der Waals surface area contributed by atoms with Gasteiger partial charge in [0.1, 0.15) is 23.3 Å². The number of nitrogens with two attached hydrogens (primary N) is 1. The maximum Gasteiger partial charge on any atom is 0.341 e. The summed E-state index contributed by atoms with van der Waals surface area (Å²) in [6, 6.07) is 8.26. The molecule has 1 spiro atoms. The standard InChI is InChI=1S/C25H27N3O7/c1-5-27-14(4)12-17-19(22(27)30)25(20(21(26)35-17)23(31)34-7-3)15-10-8-9-11-16(15)28(24(25)32)13-18(29)33-6-2/h8-12H,5-7,13,26H2,1-4H3/t25-/m0/s1. The van der Waals surface area contributed by atoms with E-state index >= 15 is 0 Å². The molecule has 2 aliphatic heterocycles. The van der Waals surface area contributed by atoms with Crippen molar-refractivity contribution in [1.82, 2.24) is 4.57 Å². The molecule has 4 rings (SSSR count). The molecule has 0 aliphatic carbocycles. The van der Waals surface area contributed by atoms with Crippen molar-refractivity contribution in [2.45, 2.75) is 39.7 Å². The van der Waals surface area contributed by atoms with E-state index in [4.69, 9.17) is 19.9 Å². The molecular formula is C25H27N3O7. The topological polar surface area (TPSA) is 130 Å². The fourth-order valence-corrected chi connectivity index (χ4v) is 4.92. The molecule has 0 radical (unpaired) electrons. The zero-order valence-electron chi connectivity index (χ0n) is 20.0. The average molecular weight is 482 g/mol. The van der Waals surface area contributed by atoms with Gasteiger partial charge in [0, 0.05) is 29.6 Å². The lowest BCUT2D eigenvalue weighted by molar-refractivity contribution is -0.142. The highest BCUT2D eigenvalue weighted by Crippen LogP contribution is 2.54. The third-order valence-electron chi connectivity index (χ3n) is 6.24. The van der Waals surface area contributed by atoms with E-state index in [0.717, 1.165) is 0 Å². The number of esters is 2. The maximum absolute atomic E-state index is 14.4. The fourth-order valence-electron chi connectivity index (χ4n) is 4.92. The Morgan fingerprint density at radius 2 is 1.77 bits per heavy atom. The summed E-state index contributed by atoms with van der Waals surface area (Å²) < 4.78 is 17.6. The summed E-state index contributed by atoms with van der Waals surface area (Å²) >= 11 is 0. The van der Waals surface area contributed by atoms with E-state index in [1.165, 1.54) is 9.47 Å². The van der Waals surface area contributed by atoms with Gasteiger partial charge >= 0.3 is 11.9 Å². The van der Waals surface area contributed by atoms with Gasteiger partial charge in [-0.15, -0.1) is 0 Å². The smallest absolute Gasteiger partial charge is 0.341 e. The minimum atomic E-state index is -1.96. The Bertz CT molecular complexity index is 1330. The van der Waals surface area contributed by atoms with Gasteiger partial charge in [-0.1, -0.05) is 18.2 Å². The van der Waals surface area contributed by atoms with Crippen molar-refractivity contribution in [2.75, 3.05) is 24.7 Å².